The first-order valence-electron chi connectivity index (χ1n) is 14.0. The number of hydrogen-bond donors (Lipinski definition) is 10. The molecule has 0 aromatic carbocycles. The summed E-state index contributed by atoms with van der Waals surface area (Å²) in [6, 6.07) is 0. The fourth-order valence-electron chi connectivity index (χ4n) is 4.99. The van der Waals surface area contributed by atoms with Crippen LogP contribution in [0.3, 0.4) is 0 Å². The van der Waals surface area contributed by atoms with Gasteiger partial charge in [0.05, 0.1) is 27.1 Å². The molecule has 12 N–H and O–H groups in total. The fraction of sp³-hybridized carbons (Fsp3) is 0.500. The van der Waals surface area contributed by atoms with Gasteiger partial charge in [-0.15, -0.1) is 0 Å². The summed E-state index contributed by atoms with van der Waals surface area (Å²) in [4.78, 5) is 86.7. The van der Waals surface area contributed by atoms with Gasteiger partial charge in [-0.3, -0.25) is 46.7 Å². The standard InChI is InChI=1S/C10H16N5O15P3.C10H13N5O5.4Li/c11-10-13-6-2(7(18)14-10)12-1-15(6)8-4(17)3(16)5(27-8)9(19)28-32(23,24)30-33(25,26)29-31(20,21)22;11-10-13-7-4(8(19)14-10)12-2-15(7)9-6(18)5(17)3(1-16)20-9;;;;/h1,3-5,8-9,16-17,19H,(H,23,24)(H,25,26)(H2,20,21,22)(H3,11,13,14,18);2-3,5-6,9,16-18H,1H2,(H3,11,13,14,19);;;;/q;;4*+1/p-4/t3-,4+,5-,8+,9?;3-,5-,6-,9-;;;;/m01..../s1. The molecule has 0 aliphatic carbocycles. The maximum Gasteiger partial charge on any atom is 1.00 e. The van der Waals surface area contributed by atoms with E-state index in [2.05, 4.69) is 43.0 Å². The van der Waals surface area contributed by atoms with E-state index in [-0.39, 0.29) is 110 Å². The Morgan fingerprint density at radius 2 is 1.19 bits per heavy atom. The summed E-state index contributed by atoms with van der Waals surface area (Å²) in [6.45, 7) is -0.447. The third kappa shape index (κ3) is 12.2. The number of nitrogens with one attached hydrogen (secondary N) is 2. The number of phosphoric acid groups is 3. The minimum absolute atomic E-state index is 0. The largest absolute Gasteiger partial charge is 1.00 e. The zero-order chi connectivity index (χ0) is 39.4. The van der Waals surface area contributed by atoms with E-state index in [1.54, 1.807) is 0 Å². The number of anilines is 2. The Balaban J connectivity index is 0.000000585. The first-order valence-corrected chi connectivity index (χ1v) is 18.4. The summed E-state index contributed by atoms with van der Waals surface area (Å²) in [5.41, 5.74) is 9.29. The molecule has 6 heterocycles. The molecule has 0 bridgehead atoms. The molecule has 57 heavy (non-hydrogen) atoms. The number of H-pyrrole nitrogens is 2. The number of aromatic nitrogens is 8. The van der Waals surface area contributed by atoms with E-state index in [4.69, 9.17) is 26.0 Å². The van der Waals surface area contributed by atoms with Gasteiger partial charge >= 0.3 is 75.4 Å². The van der Waals surface area contributed by atoms with Crippen LogP contribution in [0, 0.1) is 0 Å². The number of rotatable bonds is 10. The van der Waals surface area contributed by atoms with Crippen molar-refractivity contribution in [2.24, 2.45) is 0 Å². The normalized spacial score (nSPS) is 27.1. The number of fused-ring (bicyclic) bond motifs is 2. The van der Waals surface area contributed by atoms with Crippen LogP contribution in [0.2, 0.25) is 0 Å². The van der Waals surface area contributed by atoms with Crippen LogP contribution >= 0.6 is 23.5 Å². The van der Waals surface area contributed by atoms with E-state index in [0.717, 1.165) is 10.9 Å². The molecule has 2 saturated heterocycles. The molecule has 4 aromatic heterocycles. The molecule has 6 rings (SSSR count). The number of nitrogens with zero attached hydrogens (tertiary/aromatic N) is 6. The van der Waals surface area contributed by atoms with Gasteiger partial charge < -0.3 is 75.7 Å². The number of nitrogen functional groups attached to an aromatic ring is 2. The molecule has 2 fully saturated rings. The van der Waals surface area contributed by atoms with Crippen molar-refractivity contribution in [2.75, 3.05) is 18.1 Å². The van der Waals surface area contributed by atoms with Crippen LogP contribution in [0.15, 0.2) is 22.2 Å². The maximum absolute atomic E-state index is 11.8. The number of imidazole rings is 2. The first kappa shape index (κ1) is 53.8. The van der Waals surface area contributed by atoms with E-state index < -0.39 is 96.6 Å². The quantitative estimate of drug-likeness (QED) is 0.0402. The van der Waals surface area contributed by atoms with E-state index in [1.165, 1.54) is 10.9 Å². The number of aliphatic hydroxyl groups excluding tert-OH is 6. The molecule has 0 amide bonds. The monoisotopic (exact) mass is 846 g/mol. The second-order valence-electron chi connectivity index (χ2n) is 10.8. The Morgan fingerprint density at radius 1 is 0.754 bits per heavy atom. The summed E-state index contributed by atoms with van der Waals surface area (Å²) in [5, 5.41) is 59.0. The molecule has 0 spiro atoms. The number of aliphatic hydroxyl groups is 6. The number of phosphoric ester groups is 1. The van der Waals surface area contributed by atoms with Crippen molar-refractivity contribution >= 4 is 57.7 Å². The average Bonchev–Trinajstić information content (AvgIpc) is 3.76. The van der Waals surface area contributed by atoms with Gasteiger partial charge in [-0.25, -0.2) is 14.3 Å². The Morgan fingerprint density at radius 3 is 1.61 bits per heavy atom. The third-order valence-electron chi connectivity index (χ3n) is 7.16. The van der Waals surface area contributed by atoms with Crippen LogP contribution in [0.1, 0.15) is 12.5 Å². The molecule has 2 aliphatic rings. The number of nitrogens with two attached hydrogens (primary N) is 2. The maximum atomic E-state index is 11.8. The van der Waals surface area contributed by atoms with E-state index >= 15 is 0 Å². The third-order valence-corrected chi connectivity index (χ3v) is 10.8. The second kappa shape index (κ2) is 20.6. The van der Waals surface area contributed by atoms with Gasteiger partial charge in [0.2, 0.25) is 11.9 Å². The summed E-state index contributed by atoms with van der Waals surface area (Å²) >= 11 is 0. The van der Waals surface area contributed by atoms with Crippen molar-refractivity contribution in [1.82, 2.24) is 39.0 Å². The summed E-state index contributed by atoms with van der Waals surface area (Å²) in [5.74, 6) is -0.451. The van der Waals surface area contributed by atoms with Crippen LogP contribution in [0.5, 0.6) is 0 Å². The van der Waals surface area contributed by atoms with Gasteiger partial charge in [-0.05, 0) is 0 Å². The summed E-state index contributed by atoms with van der Waals surface area (Å²) in [6.07, 6.45) is -12.8. The van der Waals surface area contributed by atoms with Crippen molar-refractivity contribution in [3.8, 4) is 0 Å². The molecule has 2 aliphatic heterocycles. The first-order chi connectivity index (χ1) is 24.5. The molecule has 3 unspecified atom stereocenters. The van der Waals surface area contributed by atoms with Gasteiger partial charge in [0.15, 0.2) is 41.1 Å². The van der Waals surface area contributed by atoms with Crippen LogP contribution < -0.4 is 118 Å². The SMILES string of the molecule is Nc1nc2c(ncn2[C@@H]2O[C@H](C(O)OP(=O)([O-])OP(=O)([O-])OP(=O)([O-])[O-])[C@@H](O)[C@H]2O)c(=O)[nH]1.Nc1nc2c(ncn2[C@@H]2O[C@H](CO)[C@@H](O)[C@H]2O)c(=O)[nH]1.[Li+].[Li+].[Li+].[Li+]. The Labute approximate surface area is 363 Å². The van der Waals surface area contributed by atoms with E-state index in [9.17, 15) is 68.4 Å². The average molecular weight is 846 g/mol. The molecule has 0 saturated carbocycles. The van der Waals surface area contributed by atoms with Gasteiger partial charge in [0, 0.05) is 0 Å². The van der Waals surface area contributed by atoms with Crippen molar-refractivity contribution in [3.63, 3.8) is 0 Å². The number of hydrogen-bond acceptors (Lipinski definition) is 26. The predicted octanol–water partition coefficient (Wildman–Crippen LogP) is -20.2. The zero-order valence-electron chi connectivity index (χ0n) is 29.6. The molecule has 0 radical (unpaired) electrons. The summed E-state index contributed by atoms with van der Waals surface area (Å²) < 4.78 is 56.1. The minimum atomic E-state index is -6.31. The molecule has 4 aromatic rings. The van der Waals surface area contributed by atoms with Crippen molar-refractivity contribution in [1.29, 1.82) is 0 Å². The Kier molecular flexibility index (Phi) is 19.4. The topological polar surface area (TPSA) is 490 Å². The van der Waals surface area contributed by atoms with Crippen LogP contribution in [-0.2, 0) is 36.3 Å². The smallest absolute Gasteiger partial charge is 0.790 e. The Hall–Kier alpha value is -1.22. The van der Waals surface area contributed by atoms with Crippen LogP contribution in [0.25, 0.3) is 22.3 Å². The number of ether oxygens (including phenoxy) is 2. The molecular formula is C20H25Li4N10O20P3. The van der Waals surface area contributed by atoms with Crippen molar-refractivity contribution in [2.45, 2.75) is 55.4 Å². The number of aromatic amines is 2. The molecule has 294 valence electrons. The predicted molar refractivity (Wildman–Crippen MR) is 156 cm³/mol. The van der Waals surface area contributed by atoms with Crippen LogP contribution in [-0.4, -0.2) is 119 Å². The van der Waals surface area contributed by atoms with Gasteiger partial charge in [-0.1, -0.05) is 0 Å². The minimum Gasteiger partial charge on any atom is -0.790 e. The van der Waals surface area contributed by atoms with Gasteiger partial charge in [0.25, 0.3) is 26.8 Å². The van der Waals surface area contributed by atoms with Crippen molar-refractivity contribution < 1.29 is 162 Å². The fourth-order valence-corrected chi connectivity index (χ4v) is 7.88. The second-order valence-corrected chi connectivity index (χ2v) is 15.0. The Bertz CT molecular complexity index is 2260. The molecule has 30 nitrogen and oxygen atoms in total. The molecule has 37 heteroatoms. The van der Waals surface area contributed by atoms with Crippen LogP contribution in [0.4, 0.5) is 11.9 Å². The van der Waals surface area contributed by atoms with E-state index in [0.29, 0.717) is 0 Å². The van der Waals surface area contributed by atoms with Gasteiger partial charge in [0.1, 0.15) is 36.6 Å². The zero-order valence-corrected chi connectivity index (χ0v) is 32.3. The van der Waals surface area contributed by atoms with E-state index in [1.807, 2.05) is 0 Å². The summed E-state index contributed by atoms with van der Waals surface area (Å²) in [7, 11) is -18.7. The van der Waals surface area contributed by atoms with Gasteiger partial charge in [-0.2, -0.15) is 9.97 Å². The molecule has 11 atom stereocenters. The van der Waals surface area contributed by atoms with Crippen molar-refractivity contribution in [3.05, 3.63) is 33.4 Å². The molecular weight excluding hydrogens is 821 g/mol.